The van der Waals surface area contributed by atoms with Crippen molar-refractivity contribution in [3.63, 3.8) is 0 Å². The lowest BCUT2D eigenvalue weighted by molar-refractivity contribution is -0.255. The van der Waals surface area contributed by atoms with Crippen LogP contribution in [0.4, 0.5) is 11.4 Å². The molecule has 2 heterocycles. The number of carboxylic acids is 1. The molecular weight excluding hydrogens is 1570 g/mol. The van der Waals surface area contributed by atoms with E-state index in [1.54, 1.807) is 50.3 Å². The summed E-state index contributed by atoms with van der Waals surface area (Å²) in [5, 5.41) is 44.2. The number of anilines is 2. The molecule has 0 fully saturated rings. The van der Waals surface area contributed by atoms with Gasteiger partial charge in [-0.2, -0.15) is 0 Å². The first-order valence-electron chi connectivity index (χ1n) is 43.1. The Balaban J connectivity index is 0.000000679. The summed E-state index contributed by atoms with van der Waals surface area (Å²) < 4.78 is 27.5. The van der Waals surface area contributed by atoms with Crippen molar-refractivity contribution in [1.82, 2.24) is 10.6 Å². The fourth-order valence-corrected chi connectivity index (χ4v) is 16.0. The molecule has 2 aromatic rings. The molecule has 0 saturated carbocycles. The van der Waals surface area contributed by atoms with Gasteiger partial charge < -0.3 is 60.3 Å². The normalized spacial score (nSPS) is 25.6. The molecule has 23 nitrogen and oxygen atoms in total. The number of carbonyl (C=O) groups is 11. The van der Waals surface area contributed by atoms with E-state index in [4.69, 9.17) is 14.0 Å². The van der Waals surface area contributed by atoms with Crippen LogP contribution in [-0.4, -0.2) is 106 Å². The number of unbranched alkanes of at least 4 members (excludes halogenated alkanes) is 15. The Kier molecular flexibility index (Phi) is 49.7. The summed E-state index contributed by atoms with van der Waals surface area (Å²) in [5.41, 5.74) is 3.21. The zero-order chi connectivity index (χ0) is 89.5. The zero-order valence-corrected chi connectivity index (χ0v) is 75.0. The number of rotatable bonds is 28. The fraction of sp³-hybridized carbons (Fsp3) is 0.561. The van der Waals surface area contributed by atoms with E-state index in [0.717, 1.165) is 30.0 Å². The summed E-state index contributed by atoms with van der Waals surface area (Å²) >= 11 is 0. The maximum atomic E-state index is 13.9. The summed E-state index contributed by atoms with van der Waals surface area (Å²) in [6.45, 7) is 30.2. The van der Waals surface area contributed by atoms with Crippen molar-refractivity contribution >= 4 is 83.6 Å². The number of aliphatic hydroxyl groups excluding tert-OH is 2. The lowest BCUT2D eigenvalue weighted by Crippen LogP contribution is -2.33. The topological polar surface area (TPSA) is 367 Å². The predicted octanol–water partition coefficient (Wildman–Crippen LogP) is 18.3. The number of amides is 4. The van der Waals surface area contributed by atoms with Gasteiger partial charge in [0.25, 0.3) is 11.8 Å². The van der Waals surface area contributed by atoms with Crippen LogP contribution in [0.1, 0.15) is 290 Å². The lowest BCUT2D eigenvalue weighted by atomic mass is 9.80. The average molecular weight is 1710 g/mol. The molecule has 2 aromatic carbocycles. The Bertz CT molecular complexity index is 4200. The number of carbonyl (C=O) groups excluding carboxylic acids is 11. The number of hydrogen-bond acceptors (Lipinski definition) is 19. The number of ether oxygens (including phenoxy) is 2. The maximum absolute atomic E-state index is 13.9. The number of allylic oxidation sites excluding steroid dienone is 10. The van der Waals surface area contributed by atoms with Gasteiger partial charge in [-0.25, -0.2) is 0 Å². The Hall–Kier alpha value is -9.28. The van der Waals surface area contributed by atoms with E-state index in [1.165, 1.54) is 165 Å². The van der Waals surface area contributed by atoms with Crippen molar-refractivity contribution in [2.24, 2.45) is 47.3 Å². The molecule has 4 amide bonds. The highest BCUT2D eigenvalue weighted by atomic mass is 31.2. The Morgan fingerprint density at radius 3 is 1.15 bits per heavy atom. The van der Waals surface area contributed by atoms with E-state index in [-0.39, 0.29) is 157 Å². The summed E-state index contributed by atoms with van der Waals surface area (Å²) in [7, 11) is -4.00. The standard InChI is InChI=1S/C39H51N2O10P.C39H48N2O9.C18H38.2CH4/c1-22-18-25(4)36(45)26(5)20-27(6)38(50-28(7)42)23(2)10-9-11-24(3)39(47)41-33-21-34(43)31(32(19-22)37(33)46)16-17-35(44)40-29-12-14-30(15-13-29)51-52(8,48)49;1-21-17-24(4)35(45)25(5)19-26(6)37(50-27(7)42)22(2)9-8-10-23(3)38(47)41-32-20-33(43)30(31(18-21)36(32)46)15-16-34(44)40-29-13-11-28(12-14-29)39(48)49;1-3-5-7-9-11-13-15-17-18-16-14-12-10-8-6-4-2;;/h9-15,20-23,25-26,36,38,45H,16-19H2,1-8H3,(H,40,44)(H,41,47)(H,48,49);8-14,19-22,24-25,35,37,45H,15-18H2,1-7H3,(H,40,44)(H,41,47)(H,48,49);3-18H2,1-2H3;2*1H4/p-2/b10-9-,24-11+,27-20+;9-8-,23-10+,26-19+;;;/t22-,23-,25?,26-,36-,38+;21-,22-,24?,25-,35-,37+;;;/m00.../s1. The Morgan fingerprint density at radius 2 is 0.836 bits per heavy atom. The minimum absolute atomic E-state index is 0. The summed E-state index contributed by atoms with van der Waals surface area (Å²) in [5.74, 6) is -8.12. The number of nitrogens with one attached hydrogen (secondary N) is 4. The SMILES string of the molecule is C.C.CC(=O)O[C@H]1/C(C)=C/[C@H](C)[C@@H](O)C(C)C[C@H](C)CC2=C(CCC(=O)Nc3ccc(C(=O)[O-])cc3)C(=O)C=C(NC(=O)/C(C)=C/C=C\[C@@H]1C)C2=O.CC(=O)O[C@H]1/C(C)=C/[C@H](C)[C@@H](O)C(C)C[C@H](C)CC2=C(CCC(=O)Nc3ccc(OP(C)(=O)[O-])cc3)C(=O)C=C(NC(=O)/C(C)=C/C=C\[C@@H]1C)C2=O.CCCCCCCCCCCCCCCCCC. The van der Waals surface area contributed by atoms with Gasteiger partial charge in [0.05, 0.1) is 29.6 Å². The number of Topliss-reactive ketones (excluding diaryl/α,β-unsaturated/α-hetero) is 2. The molecule has 2 aliphatic heterocycles. The highest BCUT2D eigenvalue weighted by Crippen LogP contribution is 2.37. The number of esters is 2. The minimum Gasteiger partial charge on any atom is -0.769 e. The van der Waals surface area contributed by atoms with Gasteiger partial charge in [-0.1, -0.05) is 248 Å². The van der Waals surface area contributed by atoms with Crippen LogP contribution in [0.2, 0.25) is 0 Å². The van der Waals surface area contributed by atoms with E-state index in [2.05, 4.69) is 35.1 Å². The molecule has 0 radical (unpaired) electrons. The average Bonchev–Trinajstić information content (AvgIpc) is 0.841. The first kappa shape index (κ1) is 109. The van der Waals surface area contributed by atoms with E-state index in [9.17, 15) is 77.5 Å². The number of benzene rings is 2. The Labute approximate surface area is 727 Å². The monoisotopic (exact) mass is 1710 g/mol. The number of carboxylic acid groups (broad SMARTS) is 1. The van der Waals surface area contributed by atoms with Gasteiger partial charge in [0, 0.05) is 114 Å². The molecular formula is C98H143N4O19P-2. The first-order chi connectivity index (χ1) is 56.6. The number of fused-ring (bicyclic) bond motifs is 4. The highest BCUT2D eigenvalue weighted by molar-refractivity contribution is 7.50. The van der Waals surface area contributed by atoms with E-state index in [0.29, 0.717) is 24.2 Å². The van der Waals surface area contributed by atoms with Gasteiger partial charge in [0.2, 0.25) is 23.4 Å². The third-order valence-corrected chi connectivity index (χ3v) is 22.6. The van der Waals surface area contributed by atoms with Crippen LogP contribution in [0.25, 0.3) is 0 Å². The molecule has 4 aliphatic rings. The van der Waals surface area contributed by atoms with Gasteiger partial charge in [-0.05, 0) is 143 Å². The van der Waals surface area contributed by atoms with Crippen LogP contribution >= 0.6 is 7.60 Å². The second-order valence-electron chi connectivity index (χ2n) is 33.4. The largest absolute Gasteiger partial charge is 0.769 e. The van der Waals surface area contributed by atoms with Gasteiger partial charge >= 0.3 is 11.9 Å². The maximum Gasteiger partial charge on any atom is 0.303 e. The molecule has 0 aromatic heterocycles. The van der Waals surface area contributed by atoms with Gasteiger partial charge in [-0.3, -0.25) is 52.5 Å². The van der Waals surface area contributed by atoms with Crippen molar-refractivity contribution in [3.8, 4) is 5.75 Å². The number of ketones is 4. The van der Waals surface area contributed by atoms with Gasteiger partial charge in [0.1, 0.15) is 18.0 Å². The van der Waals surface area contributed by atoms with Crippen LogP contribution in [0.15, 0.2) is 165 Å². The molecule has 676 valence electrons. The molecule has 122 heavy (non-hydrogen) atoms. The van der Waals surface area contributed by atoms with E-state index >= 15 is 0 Å². The quantitative estimate of drug-likeness (QED) is 0.0151. The van der Waals surface area contributed by atoms with Gasteiger partial charge in [0.15, 0.2) is 19.2 Å². The summed E-state index contributed by atoms with van der Waals surface area (Å²) in [6.07, 6.45) is 37.7. The summed E-state index contributed by atoms with van der Waals surface area (Å²) in [6, 6.07) is 11.2. The number of aliphatic hydroxyl groups is 2. The molecule has 0 saturated heterocycles. The molecule has 0 spiro atoms. The van der Waals surface area contributed by atoms with Crippen LogP contribution < -0.4 is 35.8 Å². The minimum atomic E-state index is -4.00. The second-order valence-corrected chi connectivity index (χ2v) is 35.2. The van der Waals surface area contributed by atoms with Crippen molar-refractivity contribution < 1.29 is 91.5 Å². The first-order valence-corrected chi connectivity index (χ1v) is 45.1. The summed E-state index contributed by atoms with van der Waals surface area (Å²) in [4.78, 5) is 153. The Morgan fingerprint density at radius 1 is 0.508 bits per heavy atom. The van der Waals surface area contributed by atoms with Crippen molar-refractivity contribution in [2.45, 2.75) is 304 Å². The zero-order valence-electron chi connectivity index (χ0n) is 74.1. The van der Waals surface area contributed by atoms with Crippen LogP contribution in [-0.2, 0) is 62.0 Å². The molecule has 2 aliphatic carbocycles. The van der Waals surface area contributed by atoms with Crippen LogP contribution in [0, 0.1) is 47.3 Å². The van der Waals surface area contributed by atoms with E-state index in [1.807, 2.05) is 81.4 Å². The van der Waals surface area contributed by atoms with Crippen molar-refractivity contribution in [2.75, 3.05) is 17.3 Å². The predicted molar refractivity (Wildman–Crippen MR) is 481 cm³/mol. The van der Waals surface area contributed by atoms with Gasteiger partial charge in [-0.15, -0.1) is 0 Å². The van der Waals surface area contributed by atoms with Crippen molar-refractivity contribution in [1.29, 1.82) is 0 Å². The molecule has 3 unspecified atom stereocenters. The van der Waals surface area contributed by atoms with Crippen LogP contribution in [0.3, 0.4) is 0 Å². The lowest BCUT2D eigenvalue weighted by Gasteiger charge is -2.28. The second kappa shape index (κ2) is 55.8. The third-order valence-electron chi connectivity index (χ3n) is 22.0. The van der Waals surface area contributed by atoms with Crippen LogP contribution in [0.5, 0.6) is 5.75 Å². The number of aromatic carboxylic acids is 1. The fourth-order valence-electron chi connectivity index (χ4n) is 15.5. The molecule has 13 atom stereocenters. The molecule has 24 heteroatoms. The smallest absolute Gasteiger partial charge is 0.303 e. The molecule has 6 rings (SSSR count). The third kappa shape index (κ3) is 39.1. The number of hydrogen-bond donors (Lipinski definition) is 6. The molecule has 4 bridgehead atoms. The molecule has 6 N–H and O–H groups in total. The highest BCUT2D eigenvalue weighted by Gasteiger charge is 2.35. The van der Waals surface area contributed by atoms with Crippen molar-refractivity contribution in [3.05, 3.63) is 171 Å². The van der Waals surface area contributed by atoms with E-state index < -0.39 is 96.7 Å².